The van der Waals surface area contributed by atoms with Gasteiger partial charge in [-0.2, -0.15) is 0 Å². The summed E-state index contributed by atoms with van der Waals surface area (Å²) < 4.78 is 9.29. The van der Waals surface area contributed by atoms with Crippen molar-refractivity contribution in [3.63, 3.8) is 0 Å². The Morgan fingerprint density at radius 3 is 2.80 bits per heavy atom. The lowest BCUT2D eigenvalue weighted by Gasteiger charge is -2.04. The number of nitrogens with one attached hydrogen (secondary N) is 1. The molecule has 1 aromatic rings. The first-order valence-electron chi connectivity index (χ1n) is 4.72. The average Bonchev–Trinajstić information content (AvgIpc) is 2.27. The van der Waals surface area contributed by atoms with E-state index >= 15 is 0 Å². The lowest BCUT2D eigenvalue weighted by atomic mass is 10.1. The van der Waals surface area contributed by atoms with Gasteiger partial charge in [-0.1, -0.05) is 25.5 Å². The number of hydrogen-bond donors (Lipinski definition) is 1. The van der Waals surface area contributed by atoms with Crippen molar-refractivity contribution in [2.75, 3.05) is 0 Å². The third kappa shape index (κ3) is 5.54. The van der Waals surface area contributed by atoms with Crippen LogP contribution < -0.4 is 9.38 Å². The van der Waals surface area contributed by atoms with Crippen LogP contribution in [-0.2, 0) is 6.42 Å². The molecular weight excluding hydrogens is 245 g/mol. The standard InChI is InChI=1S/C9H15N2OP3/c1-2-3-8-4-6-9(7-5-8)12-15-11-14-10-13/h4-7,15H,2-3,13H2,1H3,(H,10,11). The van der Waals surface area contributed by atoms with Crippen molar-refractivity contribution in [3.05, 3.63) is 29.8 Å². The Kier molecular flexibility index (Phi) is 7.05. The number of rotatable bonds is 6. The van der Waals surface area contributed by atoms with Gasteiger partial charge < -0.3 is 4.52 Å². The second-order valence-corrected chi connectivity index (χ2v) is 5.35. The Hall–Kier alpha value is -0.0600. The van der Waals surface area contributed by atoms with Crippen LogP contribution in [0.15, 0.2) is 28.8 Å². The lowest BCUT2D eigenvalue weighted by molar-refractivity contribution is 0.628. The molecule has 0 aliphatic rings. The molecule has 2 unspecified atom stereocenters. The van der Waals surface area contributed by atoms with Crippen molar-refractivity contribution < 1.29 is 4.52 Å². The molecule has 3 nitrogen and oxygen atoms in total. The highest BCUT2D eigenvalue weighted by Crippen LogP contribution is 2.21. The first kappa shape index (κ1) is 13.0. The fraction of sp³-hybridized carbons (Fsp3) is 0.333. The van der Waals surface area contributed by atoms with Gasteiger partial charge in [0, 0.05) is 0 Å². The minimum Gasteiger partial charge on any atom is -0.460 e. The third-order valence-electron chi connectivity index (χ3n) is 1.78. The predicted octanol–water partition coefficient (Wildman–Crippen LogP) is 3.95. The maximum Gasteiger partial charge on any atom is 0.155 e. The Morgan fingerprint density at radius 1 is 1.47 bits per heavy atom. The van der Waals surface area contributed by atoms with Gasteiger partial charge in [-0.15, -0.1) is 0 Å². The van der Waals surface area contributed by atoms with Gasteiger partial charge in [0.2, 0.25) is 0 Å². The maximum atomic E-state index is 5.48. The van der Waals surface area contributed by atoms with E-state index in [0.29, 0.717) is 0 Å². The quantitative estimate of drug-likeness (QED) is 0.620. The maximum absolute atomic E-state index is 5.48. The van der Waals surface area contributed by atoms with Crippen LogP contribution in [0.2, 0.25) is 0 Å². The summed E-state index contributed by atoms with van der Waals surface area (Å²) in [5, 5.41) is 0. The highest BCUT2D eigenvalue weighted by atomic mass is 31.1. The zero-order valence-corrected chi connectivity index (χ0v) is 11.7. The van der Waals surface area contributed by atoms with E-state index in [1.165, 1.54) is 12.0 Å². The normalized spacial score (nSPS) is 11.6. The van der Waals surface area contributed by atoms with Gasteiger partial charge in [-0.05, 0) is 33.5 Å². The molecule has 0 heterocycles. The molecule has 0 aromatic heterocycles. The van der Waals surface area contributed by atoms with E-state index in [-0.39, 0.29) is 8.96 Å². The molecule has 1 N–H and O–H groups in total. The summed E-state index contributed by atoms with van der Waals surface area (Å²) in [6.07, 6.45) is 2.31. The van der Waals surface area contributed by atoms with Crippen LogP contribution in [0.3, 0.4) is 0 Å². The highest BCUT2D eigenvalue weighted by Gasteiger charge is 1.94. The summed E-state index contributed by atoms with van der Waals surface area (Å²) in [5.74, 6) is 0.902. The molecule has 15 heavy (non-hydrogen) atoms. The zero-order valence-electron chi connectivity index (χ0n) is 8.60. The molecule has 6 heteroatoms. The molecule has 0 bridgehead atoms. The van der Waals surface area contributed by atoms with Crippen LogP contribution in [0.1, 0.15) is 18.9 Å². The molecule has 0 aliphatic carbocycles. The number of benzene rings is 1. The summed E-state index contributed by atoms with van der Waals surface area (Å²) in [5.41, 5.74) is 1.36. The molecule has 82 valence electrons. The van der Waals surface area contributed by atoms with Crippen molar-refractivity contribution in [1.29, 1.82) is 0 Å². The molecule has 0 aliphatic heterocycles. The van der Waals surface area contributed by atoms with Crippen LogP contribution in [0.5, 0.6) is 5.75 Å². The predicted molar refractivity (Wildman–Crippen MR) is 71.6 cm³/mol. The number of aryl methyl sites for hydroxylation is 1. The van der Waals surface area contributed by atoms with Crippen molar-refractivity contribution in [3.8, 4) is 5.75 Å². The Bertz CT molecular complexity index is 303. The van der Waals surface area contributed by atoms with Gasteiger partial charge in [-0.3, -0.25) is 0 Å². The summed E-state index contributed by atoms with van der Waals surface area (Å²) in [6, 6.07) is 8.24. The molecule has 2 atom stereocenters. The largest absolute Gasteiger partial charge is 0.460 e. The van der Waals surface area contributed by atoms with Gasteiger partial charge in [0.1, 0.15) is 14.3 Å². The minimum absolute atomic E-state index is 0.245. The fourth-order valence-electron chi connectivity index (χ4n) is 1.14. The van der Waals surface area contributed by atoms with E-state index in [1.807, 2.05) is 12.1 Å². The molecule has 0 fully saturated rings. The molecule has 0 spiro atoms. The van der Waals surface area contributed by atoms with Crippen LogP contribution in [0.4, 0.5) is 0 Å². The second kappa shape index (κ2) is 8.13. The van der Waals surface area contributed by atoms with Crippen LogP contribution in [0.25, 0.3) is 0 Å². The van der Waals surface area contributed by atoms with Gasteiger partial charge in [0.15, 0.2) is 8.96 Å². The topological polar surface area (TPSA) is 33.6 Å². The molecule has 0 saturated carbocycles. The Balaban J connectivity index is 2.35. The fourth-order valence-corrected chi connectivity index (χ4v) is 2.49. The van der Waals surface area contributed by atoms with Crippen molar-refractivity contribution in [2.45, 2.75) is 19.8 Å². The Labute approximate surface area is 96.5 Å². The molecule has 1 rings (SSSR count). The van der Waals surface area contributed by atoms with Crippen molar-refractivity contribution >= 4 is 26.9 Å². The van der Waals surface area contributed by atoms with Crippen LogP contribution >= 0.6 is 26.9 Å². The number of hydrogen-bond acceptors (Lipinski definition) is 2. The highest BCUT2D eigenvalue weighted by molar-refractivity contribution is 7.46. The summed E-state index contributed by atoms with van der Waals surface area (Å²) >= 11 is 0. The van der Waals surface area contributed by atoms with E-state index < -0.39 is 0 Å². The minimum atomic E-state index is 0.245. The van der Waals surface area contributed by atoms with E-state index in [4.69, 9.17) is 4.52 Å². The summed E-state index contributed by atoms with van der Waals surface area (Å²) in [7, 11) is 3.37. The van der Waals surface area contributed by atoms with Crippen LogP contribution in [0, 0.1) is 0 Å². The molecular formula is C9H15N2OP3. The second-order valence-electron chi connectivity index (χ2n) is 2.93. The van der Waals surface area contributed by atoms with Gasteiger partial charge in [0.05, 0.1) is 0 Å². The smallest absolute Gasteiger partial charge is 0.155 e. The van der Waals surface area contributed by atoms with E-state index in [9.17, 15) is 0 Å². The van der Waals surface area contributed by atoms with E-state index in [1.54, 1.807) is 0 Å². The van der Waals surface area contributed by atoms with Crippen molar-refractivity contribution in [1.82, 2.24) is 4.86 Å². The monoisotopic (exact) mass is 260 g/mol. The summed E-state index contributed by atoms with van der Waals surface area (Å²) in [4.78, 5) is 3.01. The molecule has 0 amide bonds. The third-order valence-corrected chi connectivity index (χ3v) is 3.35. The lowest BCUT2D eigenvalue weighted by Crippen LogP contribution is -1.87. The molecule has 0 radical (unpaired) electrons. The first-order valence-corrected chi connectivity index (χ1v) is 6.99. The van der Waals surface area contributed by atoms with E-state index in [0.717, 1.165) is 20.7 Å². The molecule has 1 aromatic carbocycles. The average molecular weight is 260 g/mol. The first-order chi connectivity index (χ1) is 7.36. The number of nitrogens with zero attached hydrogens (tertiary/aromatic N) is 1. The van der Waals surface area contributed by atoms with Gasteiger partial charge in [0.25, 0.3) is 0 Å². The van der Waals surface area contributed by atoms with Gasteiger partial charge >= 0.3 is 0 Å². The van der Waals surface area contributed by atoms with E-state index in [2.05, 4.69) is 37.8 Å². The Morgan fingerprint density at radius 2 is 2.20 bits per heavy atom. The van der Waals surface area contributed by atoms with Crippen LogP contribution in [-0.4, -0.2) is 0 Å². The molecule has 0 saturated heterocycles. The summed E-state index contributed by atoms with van der Waals surface area (Å²) in [6.45, 7) is 2.18. The van der Waals surface area contributed by atoms with Crippen molar-refractivity contribution in [2.24, 2.45) is 4.52 Å². The SMILES string of the molecule is CCCc1ccc(OPNP=NP)cc1. The zero-order chi connectivity index (χ0) is 10.9. The van der Waals surface area contributed by atoms with Gasteiger partial charge in [-0.25, -0.2) is 9.37 Å².